The molecule has 5 rings (SSSR count). The molecule has 0 aromatic carbocycles. The van der Waals surface area contributed by atoms with E-state index in [1.165, 1.54) is 0 Å². The quantitative estimate of drug-likeness (QED) is 0.735. The number of aromatic nitrogens is 2. The summed E-state index contributed by atoms with van der Waals surface area (Å²) in [5.41, 5.74) is 0.920. The summed E-state index contributed by atoms with van der Waals surface area (Å²) in [6.07, 6.45) is 9.91. The van der Waals surface area contributed by atoms with Crippen LogP contribution in [0.2, 0.25) is 0 Å². The molecule has 1 atom stereocenters. The van der Waals surface area contributed by atoms with Crippen molar-refractivity contribution in [2.45, 2.75) is 43.7 Å². The summed E-state index contributed by atoms with van der Waals surface area (Å²) in [6, 6.07) is 10.6. The van der Waals surface area contributed by atoms with E-state index in [0.717, 1.165) is 82.9 Å². The van der Waals surface area contributed by atoms with Gasteiger partial charge in [0, 0.05) is 70.5 Å². The maximum Gasteiger partial charge on any atom is 0.227 e. The van der Waals surface area contributed by atoms with E-state index >= 15 is 0 Å². The van der Waals surface area contributed by atoms with Gasteiger partial charge in [0.15, 0.2) is 0 Å². The molecule has 3 aliphatic rings. The fourth-order valence-corrected chi connectivity index (χ4v) is 5.47. The summed E-state index contributed by atoms with van der Waals surface area (Å²) in [4.78, 5) is 28.4. The number of pyridine rings is 2. The highest BCUT2D eigenvalue weighted by Gasteiger charge is 2.42. The molecule has 2 aromatic heterocycles. The largest absolute Gasteiger partial charge is 0.375 e. The Balaban J connectivity index is 1.12. The maximum atomic E-state index is 12.7. The summed E-state index contributed by atoms with van der Waals surface area (Å²) in [5.74, 6) is 1.28. The smallest absolute Gasteiger partial charge is 0.227 e. The molecule has 1 spiro atoms. The van der Waals surface area contributed by atoms with Crippen molar-refractivity contribution in [3.63, 3.8) is 0 Å². The number of nitrogens with zero attached hydrogens (tertiary/aromatic N) is 5. The first-order valence-corrected chi connectivity index (χ1v) is 11.9. The van der Waals surface area contributed by atoms with E-state index in [2.05, 4.69) is 31.9 Å². The Hall–Kier alpha value is -2.51. The lowest BCUT2D eigenvalue weighted by molar-refractivity contribution is -0.148. The molecule has 3 saturated heterocycles. The molecule has 3 fully saturated rings. The molecule has 0 bridgehead atoms. The van der Waals surface area contributed by atoms with E-state index in [4.69, 9.17) is 4.74 Å². The van der Waals surface area contributed by atoms with Gasteiger partial charge in [0.2, 0.25) is 5.91 Å². The highest BCUT2D eigenvalue weighted by Crippen LogP contribution is 2.37. The van der Waals surface area contributed by atoms with Gasteiger partial charge in [0.1, 0.15) is 5.82 Å². The number of anilines is 1. The molecular formula is C25H33N5O2. The number of hydrogen-bond donors (Lipinski definition) is 0. The van der Waals surface area contributed by atoms with Crippen molar-refractivity contribution in [1.29, 1.82) is 0 Å². The van der Waals surface area contributed by atoms with Crippen molar-refractivity contribution in [2.75, 3.05) is 50.8 Å². The van der Waals surface area contributed by atoms with Crippen LogP contribution in [0.4, 0.5) is 5.82 Å². The molecule has 2 aromatic rings. The van der Waals surface area contributed by atoms with Gasteiger partial charge in [-0.15, -0.1) is 0 Å². The van der Waals surface area contributed by atoms with Crippen LogP contribution in [0.3, 0.4) is 0 Å². The first kappa shape index (κ1) is 21.3. The van der Waals surface area contributed by atoms with Gasteiger partial charge in [-0.25, -0.2) is 4.98 Å². The zero-order valence-electron chi connectivity index (χ0n) is 18.7. The number of rotatable bonds is 4. The lowest BCUT2D eigenvalue weighted by atomic mass is 9.81. The first-order valence-electron chi connectivity index (χ1n) is 11.9. The Morgan fingerprint density at radius 1 is 1.03 bits per heavy atom. The molecule has 0 unspecified atom stereocenters. The van der Waals surface area contributed by atoms with Crippen LogP contribution >= 0.6 is 0 Å². The molecule has 170 valence electrons. The van der Waals surface area contributed by atoms with Crippen molar-refractivity contribution in [1.82, 2.24) is 19.8 Å². The predicted molar refractivity (Wildman–Crippen MR) is 123 cm³/mol. The Labute approximate surface area is 190 Å². The number of amides is 1. The number of carbonyl (C=O) groups is 1. The van der Waals surface area contributed by atoms with Gasteiger partial charge in [0.05, 0.1) is 12.0 Å². The number of carbonyl (C=O) groups excluding carboxylic acids is 1. The summed E-state index contributed by atoms with van der Waals surface area (Å²) >= 11 is 0. The van der Waals surface area contributed by atoms with E-state index in [0.29, 0.717) is 12.5 Å². The summed E-state index contributed by atoms with van der Waals surface area (Å²) in [5, 5.41) is 0. The molecule has 0 radical (unpaired) electrons. The SMILES string of the molecule is O=C(Cc1cccnc1)N1CCC2(CC1)C[C@@H](N1CCN(c3ccccn3)CC1)CCO2. The van der Waals surface area contributed by atoms with E-state index in [9.17, 15) is 4.79 Å². The van der Waals surface area contributed by atoms with Crippen LogP contribution in [-0.4, -0.2) is 83.2 Å². The second-order valence-electron chi connectivity index (χ2n) is 9.31. The Morgan fingerprint density at radius 2 is 1.88 bits per heavy atom. The van der Waals surface area contributed by atoms with E-state index in [1.807, 2.05) is 29.3 Å². The molecular weight excluding hydrogens is 402 g/mol. The maximum absolute atomic E-state index is 12.7. The minimum absolute atomic E-state index is 0.0634. The average Bonchev–Trinajstić information content (AvgIpc) is 2.86. The molecule has 3 aliphatic heterocycles. The monoisotopic (exact) mass is 435 g/mol. The van der Waals surface area contributed by atoms with Crippen LogP contribution in [0.5, 0.6) is 0 Å². The zero-order chi connectivity index (χ0) is 21.8. The van der Waals surface area contributed by atoms with Crippen LogP contribution in [0, 0.1) is 0 Å². The zero-order valence-corrected chi connectivity index (χ0v) is 18.7. The van der Waals surface area contributed by atoms with Gasteiger partial charge in [-0.1, -0.05) is 12.1 Å². The molecule has 1 amide bonds. The van der Waals surface area contributed by atoms with Crippen LogP contribution in [-0.2, 0) is 16.0 Å². The molecule has 7 nitrogen and oxygen atoms in total. The van der Waals surface area contributed by atoms with Crippen molar-refractivity contribution in [2.24, 2.45) is 0 Å². The standard InChI is InChI=1S/C25H33N5O2/c31-24(18-21-4-3-9-26-20-21)30-11-7-25(8-12-30)19-22(6-17-32-25)28-13-15-29(16-14-28)23-5-1-2-10-27-23/h1-5,9-10,20,22H,6-8,11-19H2/t22-/m0/s1. The second-order valence-corrected chi connectivity index (χ2v) is 9.31. The number of piperidine rings is 1. The van der Waals surface area contributed by atoms with Gasteiger partial charge in [0.25, 0.3) is 0 Å². The minimum Gasteiger partial charge on any atom is -0.375 e. The van der Waals surface area contributed by atoms with Crippen molar-refractivity contribution >= 4 is 11.7 Å². The predicted octanol–water partition coefficient (Wildman–Crippen LogP) is 2.38. The number of likely N-dealkylation sites (tertiary alicyclic amines) is 1. The molecule has 0 aliphatic carbocycles. The Kier molecular flexibility index (Phi) is 6.37. The van der Waals surface area contributed by atoms with Crippen molar-refractivity contribution in [3.8, 4) is 0 Å². The van der Waals surface area contributed by atoms with Gasteiger partial charge in [-0.2, -0.15) is 0 Å². The molecule has 5 heterocycles. The highest BCUT2D eigenvalue weighted by molar-refractivity contribution is 5.78. The number of ether oxygens (including phenoxy) is 1. The summed E-state index contributed by atoms with van der Waals surface area (Å²) in [6.45, 7) is 6.61. The van der Waals surface area contributed by atoms with Crippen molar-refractivity contribution < 1.29 is 9.53 Å². The normalized spacial score (nSPS) is 23.9. The molecule has 0 saturated carbocycles. The van der Waals surface area contributed by atoms with Gasteiger partial charge in [-0.3, -0.25) is 14.7 Å². The van der Waals surface area contributed by atoms with Gasteiger partial charge in [-0.05, 0) is 49.4 Å². The average molecular weight is 436 g/mol. The highest BCUT2D eigenvalue weighted by atomic mass is 16.5. The third-order valence-electron chi connectivity index (χ3n) is 7.38. The lowest BCUT2D eigenvalue weighted by Gasteiger charge is -2.49. The summed E-state index contributed by atoms with van der Waals surface area (Å²) < 4.78 is 6.37. The topological polar surface area (TPSA) is 61.8 Å². The third kappa shape index (κ3) is 4.79. The van der Waals surface area contributed by atoms with Crippen LogP contribution in [0.25, 0.3) is 0 Å². The first-order chi connectivity index (χ1) is 15.7. The fraction of sp³-hybridized carbons (Fsp3) is 0.560. The Morgan fingerprint density at radius 3 is 2.59 bits per heavy atom. The van der Waals surface area contributed by atoms with E-state index in [1.54, 1.807) is 12.4 Å². The lowest BCUT2D eigenvalue weighted by Crippen LogP contribution is -2.57. The molecule has 7 heteroatoms. The van der Waals surface area contributed by atoms with Crippen molar-refractivity contribution in [3.05, 3.63) is 54.5 Å². The number of hydrogen-bond acceptors (Lipinski definition) is 6. The molecule has 32 heavy (non-hydrogen) atoms. The molecule has 0 N–H and O–H groups in total. The van der Waals surface area contributed by atoms with Crippen LogP contribution < -0.4 is 4.90 Å². The van der Waals surface area contributed by atoms with E-state index in [-0.39, 0.29) is 11.5 Å². The van der Waals surface area contributed by atoms with Gasteiger partial charge < -0.3 is 14.5 Å². The number of piperazine rings is 1. The van der Waals surface area contributed by atoms with Crippen LogP contribution in [0.15, 0.2) is 48.9 Å². The Bertz CT molecular complexity index is 878. The third-order valence-corrected chi connectivity index (χ3v) is 7.38. The van der Waals surface area contributed by atoms with Gasteiger partial charge >= 0.3 is 0 Å². The second kappa shape index (κ2) is 9.55. The van der Waals surface area contributed by atoms with Crippen LogP contribution in [0.1, 0.15) is 31.2 Å². The fourth-order valence-electron chi connectivity index (χ4n) is 5.47. The summed E-state index contributed by atoms with van der Waals surface area (Å²) in [7, 11) is 0. The minimum atomic E-state index is -0.0634. The van der Waals surface area contributed by atoms with E-state index < -0.39 is 0 Å².